The monoisotopic (exact) mass is 384 g/mol. The topological polar surface area (TPSA) is 49.4 Å². The lowest BCUT2D eigenvalue weighted by Gasteiger charge is -2.35. The maximum absolute atomic E-state index is 12.3. The lowest BCUT2D eigenvalue weighted by molar-refractivity contribution is -0.124. The van der Waals surface area contributed by atoms with Gasteiger partial charge in [0, 0.05) is 21.7 Å². The number of hydrogen-bond acceptors (Lipinski definition) is 3. The number of carbonyl (C=O) groups is 2. The van der Waals surface area contributed by atoms with Crippen LogP contribution in [0.4, 0.5) is 0 Å². The van der Waals surface area contributed by atoms with Gasteiger partial charge in [0.05, 0.1) is 12.5 Å². The molecule has 0 radical (unpaired) electrons. The van der Waals surface area contributed by atoms with Crippen molar-refractivity contribution in [2.75, 3.05) is 19.6 Å². The van der Waals surface area contributed by atoms with Crippen LogP contribution in [-0.2, 0) is 4.79 Å². The number of nitrogens with zero attached hydrogens (tertiary/aromatic N) is 1. The number of benzene rings is 1. The molecular weight excluding hydrogens is 367 g/mol. The third-order valence-electron chi connectivity index (χ3n) is 4.23. The number of piperidine rings is 1. The molecule has 2 saturated heterocycles. The fraction of sp³-hybridized carbons (Fsp3) is 0.467. The highest BCUT2D eigenvalue weighted by molar-refractivity contribution is 14.1. The number of nitrogens with one attached hydrogen (secondary N) is 1. The van der Waals surface area contributed by atoms with Crippen LogP contribution in [0.1, 0.15) is 23.2 Å². The SMILES string of the molecule is O=C(CN1CCCC2C(=O)NCC21)c1ccc(I)cc1. The van der Waals surface area contributed by atoms with Crippen molar-refractivity contribution in [3.05, 3.63) is 33.4 Å². The Morgan fingerprint density at radius 3 is 2.85 bits per heavy atom. The average Bonchev–Trinajstić information content (AvgIpc) is 2.82. The van der Waals surface area contributed by atoms with E-state index in [1.807, 2.05) is 24.3 Å². The first-order chi connectivity index (χ1) is 9.65. The van der Waals surface area contributed by atoms with Gasteiger partial charge in [0.2, 0.25) is 5.91 Å². The molecule has 2 aliphatic rings. The molecule has 0 saturated carbocycles. The number of ketones is 1. The first-order valence-corrected chi connectivity index (χ1v) is 8.03. The van der Waals surface area contributed by atoms with Gasteiger partial charge in [-0.1, -0.05) is 12.1 Å². The molecule has 2 heterocycles. The molecule has 2 fully saturated rings. The van der Waals surface area contributed by atoms with Crippen molar-refractivity contribution in [3.63, 3.8) is 0 Å². The Morgan fingerprint density at radius 2 is 2.10 bits per heavy atom. The van der Waals surface area contributed by atoms with Gasteiger partial charge in [-0.3, -0.25) is 14.5 Å². The van der Waals surface area contributed by atoms with Gasteiger partial charge in [0.1, 0.15) is 0 Å². The Labute approximate surface area is 132 Å². The molecule has 1 aromatic carbocycles. The highest BCUT2D eigenvalue weighted by atomic mass is 127. The van der Waals surface area contributed by atoms with E-state index in [1.165, 1.54) is 0 Å². The number of likely N-dealkylation sites (tertiary alicyclic amines) is 1. The first kappa shape index (κ1) is 14.0. The Balaban J connectivity index is 1.69. The number of carbonyl (C=O) groups excluding carboxylic acids is 2. The third kappa shape index (κ3) is 2.74. The predicted octanol–water partition coefficient (Wildman–Crippen LogP) is 1.68. The maximum Gasteiger partial charge on any atom is 0.224 e. The minimum absolute atomic E-state index is 0.0771. The van der Waals surface area contributed by atoms with E-state index in [0.29, 0.717) is 13.1 Å². The van der Waals surface area contributed by atoms with Crippen molar-refractivity contribution in [1.82, 2.24) is 10.2 Å². The molecule has 1 amide bonds. The van der Waals surface area contributed by atoms with Gasteiger partial charge in [-0.05, 0) is 54.1 Å². The largest absolute Gasteiger partial charge is 0.354 e. The molecule has 106 valence electrons. The molecule has 0 aliphatic carbocycles. The second kappa shape index (κ2) is 5.81. The number of rotatable bonds is 3. The predicted molar refractivity (Wildman–Crippen MR) is 84.6 cm³/mol. The molecule has 2 aliphatic heterocycles. The lowest BCUT2D eigenvalue weighted by atomic mass is 9.91. The summed E-state index contributed by atoms with van der Waals surface area (Å²) >= 11 is 2.23. The molecule has 1 aromatic rings. The third-order valence-corrected chi connectivity index (χ3v) is 4.95. The molecule has 2 unspecified atom stereocenters. The summed E-state index contributed by atoms with van der Waals surface area (Å²) in [5.74, 6) is 0.371. The molecule has 1 N–H and O–H groups in total. The van der Waals surface area contributed by atoms with Gasteiger partial charge in [-0.2, -0.15) is 0 Å². The summed E-state index contributed by atoms with van der Waals surface area (Å²) in [6.07, 6.45) is 1.94. The molecule has 20 heavy (non-hydrogen) atoms. The van der Waals surface area contributed by atoms with Crippen molar-refractivity contribution in [1.29, 1.82) is 0 Å². The van der Waals surface area contributed by atoms with E-state index in [9.17, 15) is 9.59 Å². The van der Waals surface area contributed by atoms with Crippen molar-refractivity contribution in [2.45, 2.75) is 18.9 Å². The standard InChI is InChI=1S/C15H17IN2O2/c16-11-5-3-10(4-6-11)14(19)9-18-7-1-2-12-13(18)8-17-15(12)20/h3-6,12-13H,1-2,7-9H2,(H,17,20). The van der Waals surface area contributed by atoms with E-state index in [0.717, 1.165) is 28.5 Å². The van der Waals surface area contributed by atoms with Crippen LogP contribution in [0.2, 0.25) is 0 Å². The molecule has 5 heteroatoms. The molecular formula is C15H17IN2O2. The number of halogens is 1. The highest BCUT2D eigenvalue weighted by Crippen LogP contribution is 2.27. The highest BCUT2D eigenvalue weighted by Gasteiger charge is 2.41. The van der Waals surface area contributed by atoms with E-state index in [2.05, 4.69) is 32.8 Å². The molecule has 0 bridgehead atoms. The van der Waals surface area contributed by atoms with E-state index in [1.54, 1.807) is 0 Å². The molecule has 3 rings (SSSR count). The van der Waals surface area contributed by atoms with Gasteiger partial charge in [-0.15, -0.1) is 0 Å². The number of fused-ring (bicyclic) bond motifs is 1. The second-order valence-corrected chi connectivity index (χ2v) is 6.71. The summed E-state index contributed by atoms with van der Waals surface area (Å²) in [4.78, 5) is 26.2. The van der Waals surface area contributed by atoms with Crippen LogP contribution >= 0.6 is 22.6 Å². The molecule has 4 nitrogen and oxygen atoms in total. The van der Waals surface area contributed by atoms with Crippen LogP contribution in [-0.4, -0.2) is 42.3 Å². The van der Waals surface area contributed by atoms with Gasteiger partial charge in [0.25, 0.3) is 0 Å². The van der Waals surface area contributed by atoms with Crippen molar-refractivity contribution in [2.24, 2.45) is 5.92 Å². The first-order valence-electron chi connectivity index (χ1n) is 6.95. The lowest BCUT2D eigenvalue weighted by Crippen LogP contribution is -2.47. The Hall–Kier alpha value is -0.950. The number of amides is 1. The zero-order valence-electron chi connectivity index (χ0n) is 11.1. The van der Waals surface area contributed by atoms with Gasteiger partial charge < -0.3 is 5.32 Å². The van der Waals surface area contributed by atoms with Crippen LogP contribution in [0, 0.1) is 9.49 Å². The van der Waals surface area contributed by atoms with Gasteiger partial charge >= 0.3 is 0 Å². The average molecular weight is 384 g/mol. The van der Waals surface area contributed by atoms with Gasteiger partial charge in [0.15, 0.2) is 5.78 Å². The van der Waals surface area contributed by atoms with Crippen LogP contribution in [0.25, 0.3) is 0 Å². The van der Waals surface area contributed by atoms with Gasteiger partial charge in [-0.25, -0.2) is 0 Å². The number of Topliss-reactive ketones (excluding diaryl/α,β-unsaturated/α-hetero) is 1. The molecule has 0 spiro atoms. The smallest absolute Gasteiger partial charge is 0.224 e. The summed E-state index contributed by atoms with van der Waals surface area (Å²) in [6.45, 7) is 2.01. The van der Waals surface area contributed by atoms with Crippen LogP contribution in [0.15, 0.2) is 24.3 Å². The van der Waals surface area contributed by atoms with E-state index in [-0.39, 0.29) is 23.7 Å². The minimum Gasteiger partial charge on any atom is -0.354 e. The normalized spacial score (nSPS) is 26.1. The van der Waals surface area contributed by atoms with Crippen LogP contribution in [0.5, 0.6) is 0 Å². The van der Waals surface area contributed by atoms with Crippen molar-refractivity contribution in [3.8, 4) is 0 Å². The summed E-state index contributed by atoms with van der Waals surface area (Å²) in [5, 5.41) is 2.92. The second-order valence-electron chi connectivity index (χ2n) is 5.46. The molecule has 0 aromatic heterocycles. The summed E-state index contributed by atoms with van der Waals surface area (Å²) < 4.78 is 1.13. The van der Waals surface area contributed by atoms with E-state index >= 15 is 0 Å². The van der Waals surface area contributed by atoms with Crippen LogP contribution in [0.3, 0.4) is 0 Å². The molecule has 2 atom stereocenters. The quantitative estimate of drug-likeness (QED) is 0.638. The number of hydrogen-bond donors (Lipinski definition) is 1. The fourth-order valence-corrected chi connectivity index (χ4v) is 3.51. The van der Waals surface area contributed by atoms with Crippen molar-refractivity contribution >= 4 is 34.3 Å². The minimum atomic E-state index is 0.0771. The zero-order chi connectivity index (χ0) is 14.1. The maximum atomic E-state index is 12.3. The summed E-state index contributed by atoms with van der Waals surface area (Å²) in [6, 6.07) is 7.86. The van der Waals surface area contributed by atoms with E-state index in [4.69, 9.17) is 0 Å². The Kier molecular flexibility index (Phi) is 4.07. The summed E-state index contributed by atoms with van der Waals surface area (Å²) in [7, 11) is 0. The van der Waals surface area contributed by atoms with Crippen LogP contribution < -0.4 is 5.32 Å². The summed E-state index contributed by atoms with van der Waals surface area (Å²) in [5.41, 5.74) is 0.754. The Bertz CT molecular complexity index is 529. The fourth-order valence-electron chi connectivity index (χ4n) is 3.15. The van der Waals surface area contributed by atoms with Crippen molar-refractivity contribution < 1.29 is 9.59 Å². The van der Waals surface area contributed by atoms with E-state index < -0.39 is 0 Å². The Morgan fingerprint density at radius 1 is 1.35 bits per heavy atom. The zero-order valence-corrected chi connectivity index (χ0v) is 13.3.